The van der Waals surface area contributed by atoms with Gasteiger partial charge >= 0.3 is 0 Å². The molecule has 0 fully saturated rings. The van der Waals surface area contributed by atoms with Crippen LogP contribution in [0.2, 0.25) is 0 Å². The summed E-state index contributed by atoms with van der Waals surface area (Å²) in [5.41, 5.74) is 3.41. The molecule has 0 unspecified atom stereocenters. The Labute approximate surface area is 112 Å². The van der Waals surface area contributed by atoms with E-state index in [4.69, 9.17) is 0 Å². The van der Waals surface area contributed by atoms with Crippen molar-refractivity contribution in [2.75, 3.05) is 12.4 Å². The average molecular weight is 256 g/mol. The molecular weight excluding hydrogens is 240 g/mol. The number of aromatic nitrogens is 2. The predicted octanol–water partition coefficient (Wildman–Crippen LogP) is 1.76. The smallest absolute Gasteiger partial charge is 0.255 e. The van der Waals surface area contributed by atoms with Crippen molar-refractivity contribution in [3.63, 3.8) is 0 Å². The van der Waals surface area contributed by atoms with Crippen molar-refractivity contribution in [2.24, 2.45) is 0 Å². The third-order valence-corrected chi connectivity index (χ3v) is 2.91. The summed E-state index contributed by atoms with van der Waals surface area (Å²) < 4.78 is 0. The van der Waals surface area contributed by atoms with Gasteiger partial charge in [0.05, 0.1) is 5.56 Å². The van der Waals surface area contributed by atoms with Crippen LogP contribution >= 0.6 is 0 Å². The van der Waals surface area contributed by atoms with Crippen molar-refractivity contribution in [3.8, 4) is 0 Å². The maximum atomic E-state index is 12.1. The van der Waals surface area contributed by atoms with E-state index in [2.05, 4.69) is 20.6 Å². The van der Waals surface area contributed by atoms with Gasteiger partial charge in [0, 0.05) is 44.1 Å². The van der Waals surface area contributed by atoms with E-state index >= 15 is 0 Å². The van der Waals surface area contributed by atoms with Gasteiger partial charge in [-0.1, -0.05) is 0 Å². The molecule has 0 saturated carbocycles. The minimum Gasteiger partial charge on any atom is -0.387 e. The fourth-order valence-corrected chi connectivity index (χ4v) is 1.76. The number of pyridine rings is 2. The Hall–Kier alpha value is -2.43. The largest absolute Gasteiger partial charge is 0.387 e. The number of aryl methyl sites for hydroxylation is 1. The number of hydrogen-bond acceptors (Lipinski definition) is 4. The van der Waals surface area contributed by atoms with E-state index in [0.717, 1.165) is 16.8 Å². The molecule has 0 aliphatic rings. The van der Waals surface area contributed by atoms with Crippen molar-refractivity contribution in [3.05, 3.63) is 53.6 Å². The molecule has 2 heterocycles. The summed E-state index contributed by atoms with van der Waals surface area (Å²) in [5, 5.41) is 5.86. The maximum Gasteiger partial charge on any atom is 0.255 e. The lowest BCUT2D eigenvalue weighted by molar-refractivity contribution is 0.0951. The number of carbonyl (C=O) groups is 1. The Bertz CT molecular complexity index is 583. The van der Waals surface area contributed by atoms with Gasteiger partial charge in [-0.3, -0.25) is 14.8 Å². The molecule has 0 bridgehead atoms. The van der Waals surface area contributed by atoms with E-state index < -0.39 is 0 Å². The van der Waals surface area contributed by atoms with Gasteiger partial charge < -0.3 is 10.6 Å². The molecule has 2 aromatic rings. The molecule has 98 valence electrons. The van der Waals surface area contributed by atoms with E-state index in [1.165, 1.54) is 0 Å². The van der Waals surface area contributed by atoms with Crippen molar-refractivity contribution in [2.45, 2.75) is 13.5 Å². The lowest BCUT2D eigenvalue weighted by Crippen LogP contribution is -2.24. The highest BCUT2D eigenvalue weighted by atomic mass is 16.1. The Kier molecular flexibility index (Phi) is 4.07. The number of nitrogens with zero attached hydrogens (tertiary/aromatic N) is 2. The molecular formula is C14H16N4O. The van der Waals surface area contributed by atoms with E-state index in [-0.39, 0.29) is 5.91 Å². The average Bonchev–Trinajstić information content (AvgIpc) is 2.46. The normalized spacial score (nSPS) is 10.0. The van der Waals surface area contributed by atoms with Gasteiger partial charge in [-0.25, -0.2) is 0 Å². The second-order valence-corrected chi connectivity index (χ2v) is 4.16. The number of hydrogen-bond donors (Lipinski definition) is 2. The fourth-order valence-electron chi connectivity index (χ4n) is 1.76. The maximum absolute atomic E-state index is 12.1. The van der Waals surface area contributed by atoms with Crippen LogP contribution in [-0.4, -0.2) is 22.9 Å². The molecule has 0 aromatic carbocycles. The third-order valence-electron chi connectivity index (χ3n) is 2.91. The summed E-state index contributed by atoms with van der Waals surface area (Å²) in [7, 11) is 1.78. The minimum absolute atomic E-state index is 0.145. The zero-order chi connectivity index (χ0) is 13.7. The Balaban J connectivity index is 2.08. The monoisotopic (exact) mass is 256 g/mol. The first-order chi connectivity index (χ1) is 9.22. The van der Waals surface area contributed by atoms with Gasteiger partial charge in [-0.2, -0.15) is 0 Å². The van der Waals surface area contributed by atoms with Crippen LogP contribution in [0.3, 0.4) is 0 Å². The quantitative estimate of drug-likeness (QED) is 0.874. The molecule has 2 aromatic heterocycles. The SMILES string of the molecule is CNc1ccncc1C(=O)NCc1ccncc1C. The Morgan fingerprint density at radius 3 is 2.68 bits per heavy atom. The summed E-state index contributed by atoms with van der Waals surface area (Å²) in [6.07, 6.45) is 6.71. The molecule has 0 atom stereocenters. The highest BCUT2D eigenvalue weighted by Gasteiger charge is 2.10. The first-order valence-electron chi connectivity index (χ1n) is 6.02. The van der Waals surface area contributed by atoms with Crippen LogP contribution in [-0.2, 0) is 6.54 Å². The molecule has 0 aliphatic heterocycles. The number of amides is 1. The summed E-state index contributed by atoms with van der Waals surface area (Å²) in [6, 6.07) is 3.67. The number of carbonyl (C=O) groups excluding carboxylic acids is 1. The number of rotatable bonds is 4. The van der Waals surface area contributed by atoms with Crippen LogP contribution < -0.4 is 10.6 Å². The van der Waals surface area contributed by atoms with E-state index in [0.29, 0.717) is 12.1 Å². The molecule has 0 aliphatic carbocycles. The van der Waals surface area contributed by atoms with Gasteiger partial charge in [0.15, 0.2) is 0 Å². The van der Waals surface area contributed by atoms with Crippen molar-refractivity contribution in [1.29, 1.82) is 0 Å². The predicted molar refractivity (Wildman–Crippen MR) is 73.9 cm³/mol. The molecule has 0 saturated heterocycles. The van der Waals surface area contributed by atoms with Gasteiger partial charge in [-0.15, -0.1) is 0 Å². The molecule has 5 nitrogen and oxygen atoms in total. The summed E-state index contributed by atoms with van der Waals surface area (Å²) in [6.45, 7) is 2.45. The second-order valence-electron chi connectivity index (χ2n) is 4.16. The van der Waals surface area contributed by atoms with Crippen LogP contribution in [0.15, 0.2) is 36.9 Å². The third kappa shape index (κ3) is 3.07. The topological polar surface area (TPSA) is 66.9 Å². The summed E-state index contributed by atoms with van der Waals surface area (Å²) in [5.74, 6) is -0.145. The van der Waals surface area contributed by atoms with E-state index in [1.807, 2.05) is 13.0 Å². The number of nitrogens with one attached hydrogen (secondary N) is 2. The lowest BCUT2D eigenvalue weighted by atomic mass is 10.1. The fraction of sp³-hybridized carbons (Fsp3) is 0.214. The Morgan fingerprint density at radius 1 is 1.21 bits per heavy atom. The first kappa shape index (κ1) is 13.0. The van der Waals surface area contributed by atoms with Gasteiger partial charge in [0.1, 0.15) is 0 Å². The van der Waals surface area contributed by atoms with Gasteiger partial charge in [0.2, 0.25) is 0 Å². The molecule has 0 radical (unpaired) electrons. The van der Waals surface area contributed by atoms with Crippen LogP contribution in [0.25, 0.3) is 0 Å². The van der Waals surface area contributed by atoms with E-state index in [9.17, 15) is 4.79 Å². The first-order valence-corrected chi connectivity index (χ1v) is 6.02. The lowest BCUT2D eigenvalue weighted by Gasteiger charge is -2.10. The standard InChI is InChI=1S/C14H16N4O/c1-10-7-16-5-3-11(10)8-18-14(19)12-9-17-6-4-13(12)15-2/h3-7,9H,8H2,1-2H3,(H,15,17)(H,18,19). The summed E-state index contributed by atoms with van der Waals surface area (Å²) in [4.78, 5) is 20.1. The molecule has 0 spiro atoms. The minimum atomic E-state index is -0.145. The number of anilines is 1. The highest BCUT2D eigenvalue weighted by Crippen LogP contribution is 2.12. The molecule has 2 rings (SSSR count). The molecule has 1 amide bonds. The Morgan fingerprint density at radius 2 is 1.95 bits per heavy atom. The van der Waals surface area contributed by atoms with Crippen LogP contribution in [0, 0.1) is 6.92 Å². The molecule has 5 heteroatoms. The van der Waals surface area contributed by atoms with Crippen molar-refractivity contribution in [1.82, 2.24) is 15.3 Å². The summed E-state index contributed by atoms with van der Waals surface area (Å²) >= 11 is 0. The van der Waals surface area contributed by atoms with Gasteiger partial charge in [0.25, 0.3) is 5.91 Å². The van der Waals surface area contributed by atoms with Crippen LogP contribution in [0.4, 0.5) is 5.69 Å². The van der Waals surface area contributed by atoms with Crippen molar-refractivity contribution >= 4 is 11.6 Å². The second kappa shape index (κ2) is 5.95. The van der Waals surface area contributed by atoms with Crippen LogP contribution in [0.5, 0.6) is 0 Å². The zero-order valence-electron chi connectivity index (χ0n) is 11.0. The zero-order valence-corrected chi connectivity index (χ0v) is 11.0. The van der Waals surface area contributed by atoms with Crippen LogP contribution in [0.1, 0.15) is 21.5 Å². The van der Waals surface area contributed by atoms with Crippen molar-refractivity contribution < 1.29 is 4.79 Å². The van der Waals surface area contributed by atoms with E-state index in [1.54, 1.807) is 37.9 Å². The highest BCUT2D eigenvalue weighted by molar-refractivity contribution is 5.99. The molecule has 19 heavy (non-hydrogen) atoms. The van der Waals surface area contributed by atoms with Gasteiger partial charge in [-0.05, 0) is 30.2 Å². The molecule has 2 N–H and O–H groups in total.